The van der Waals surface area contributed by atoms with Crippen molar-refractivity contribution in [1.29, 1.82) is 0 Å². The van der Waals surface area contributed by atoms with Crippen LogP contribution in [0.2, 0.25) is 0 Å². The second-order valence-electron chi connectivity index (χ2n) is 5.59. The van der Waals surface area contributed by atoms with Crippen LogP contribution < -0.4 is 0 Å². The zero-order chi connectivity index (χ0) is 11.3. The monoisotopic (exact) mass is 218 g/mol. The Morgan fingerprint density at radius 3 is 2.38 bits per heavy atom. The van der Waals surface area contributed by atoms with E-state index < -0.39 is 0 Å². The highest BCUT2D eigenvalue weighted by atomic mass is 14.4. The molecule has 0 unspecified atom stereocenters. The minimum Gasteiger partial charge on any atom is -0.0839 e. The zero-order valence-electron chi connectivity index (χ0n) is 10.8. The fraction of sp³-hybridized carbons (Fsp3) is 0.750. The molecule has 0 saturated heterocycles. The van der Waals surface area contributed by atoms with Crippen molar-refractivity contribution in [3.05, 3.63) is 24.3 Å². The van der Waals surface area contributed by atoms with Crippen LogP contribution in [0.1, 0.15) is 64.7 Å². The Labute approximate surface area is 101 Å². The Kier molecular flexibility index (Phi) is 4.26. The van der Waals surface area contributed by atoms with Gasteiger partial charge in [-0.3, -0.25) is 0 Å². The van der Waals surface area contributed by atoms with Gasteiger partial charge >= 0.3 is 0 Å². The first-order chi connectivity index (χ1) is 7.87. The Morgan fingerprint density at radius 1 is 1.06 bits per heavy atom. The lowest BCUT2D eigenvalue weighted by molar-refractivity contribution is 0.202. The molecule has 0 spiro atoms. The van der Waals surface area contributed by atoms with E-state index in [1.165, 1.54) is 51.4 Å². The van der Waals surface area contributed by atoms with E-state index in [1.54, 1.807) is 0 Å². The largest absolute Gasteiger partial charge is 0.0839 e. The van der Waals surface area contributed by atoms with Gasteiger partial charge in [-0.1, -0.05) is 63.3 Å². The van der Waals surface area contributed by atoms with Crippen LogP contribution in [0, 0.1) is 11.3 Å². The summed E-state index contributed by atoms with van der Waals surface area (Å²) >= 11 is 0. The second kappa shape index (κ2) is 5.70. The molecule has 2 aliphatic carbocycles. The van der Waals surface area contributed by atoms with E-state index in [9.17, 15) is 0 Å². The molecule has 0 aromatic heterocycles. The third kappa shape index (κ3) is 2.59. The van der Waals surface area contributed by atoms with Gasteiger partial charge in [0, 0.05) is 5.41 Å². The minimum absolute atomic E-state index is 0.439. The van der Waals surface area contributed by atoms with Crippen LogP contribution >= 0.6 is 0 Å². The van der Waals surface area contributed by atoms with E-state index in [-0.39, 0.29) is 0 Å². The molecular weight excluding hydrogens is 192 g/mol. The van der Waals surface area contributed by atoms with Crippen molar-refractivity contribution in [1.82, 2.24) is 0 Å². The number of hydrogen-bond acceptors (Lipinski definition) is 0. The van der Waals surface area contributed by atoms with E-state index in [0.717, 1.165) is 12.3 Å². The summed E-state index contributed by atoms with van der Waals surface area (Å²) in [6.45, 7) is 2.31. The molecule has 0 radical (unpaired) electrons. The number of allylic oxidation sites excluding steroid dienone is 4. The fourth-order valence-corrected chi connectivity index (χ4v) is 3.48. The smallest absolute Gasteiger partial charge is 0.00894 e. The minimum atomic E-state index is 0.439. The fourth-order valence-electron chi connectivity index (χ4n) is 3.48. The van der Waals surface area contributed by atoms with Crippen LogP contribution in [-0.4, -0.2) is 0 Å². The summed E-state index contributed by atoms with van der Waals surface area (Å²) in [5, 5.41) is 0. The van der Waals surface area contributed by atoms with E-state index in [1.807, 2.05) is 0 Å². The Bertz CT molecular complexity index is 241. The summed E-state index contributed by atoms with van der Waals surface area (Å²) in [6.07, 6.45) is 22.4. The summed E-state index contributed by atoms with van der Waals surface area (Å²) < 4.78 is 0. The highest BCUT2D eigenvalue weighted by molar-refractivity contribution is 5.19. The molecule has 2 rings (SSSR count). The van der Waals surface area contributed by atoms with Crippen molar-refractivity contribution in [3.63, 3.8) is 0 Å². The van der Waals surface area contributed by atoms with Gasteiger partial charge in [0.2, 0.25) is 0 Å². The van der Waals surface area contributed by atoms with Crippen molar-refractivity contribution in [2.75, 3.05) is 0 Å². The molecule has 2 aliphatic rings. The van der Waals surface area contributed by atoms with E-state index in [4.69, 9.17) is 0 Å². The molecule has 0 bridgehead atoms. The molecule has 0 nitrogen and oxygen atoms in total. The first-order valence-electron chi connectivity index (χ1n) is 7.23. The Morgan fingerprint density at radius 2 is 1.75 bits per heavy atom. The average Bonchev–Trinajstić information content (AvgIpc) is 2.38. The van der Waals surface area contributed by atoms with Gasteiger partial charge in [0.25, 0.3) is 0 Å². The molecule has 0 atom stereocenters. The number of rotatable bonds is 4. The van der Waals surface area contributed by atoms with Crippen LogP contribution in [0.4, 0.5) is 0 Å². The summed E-state index contributed by atoms with van der Waals surface area (Å²) in [4.78, 5) is 0. The van der Waals surface area contributed by atoms with Gasteiger partial charge in [0.05, 0.1) is 0 Å². The molecule has 0 N–H and O–H groups in total. The number of unbranched alkanes of at least 4 members (excludes halogenated alkanes) is 1. The van der Waals surface area contributed by atoms with Gasteiger partial charge in [-0.25, -0.2) is 0 Å². The first kappa shape index (κ1) is 12.0. The summed E-state index contributed by atoms with van der Waals surface area (Å²) in [6, 6.07) is 0. The maximum absolute atomic E-state index is 2.54. The van der Waals surface area contributed by atoms with Gasteiger partial charge in [-0.2, -0.15) is 0 Å². The van der Waals surface area contributed by atoms with Crippen molar-refractivity contribution in [2.45, 2.75) is 64.7 Å². The van der Waals surface area contributed by atoms with Crippen LogP contribution in [0.15, 0.2) is 24.3 Å². The first-order valence-corrected chi connectivity index (χ1v) is 7.23. The lowest BCUT2D eigenvalue weighted by atomic mass is 9.65. The quantitative estimate of drug-likeness (QED) is 0.565. The standard InChI is InChI=1S/C16H26/c1-2-3-12-16(13-8-5-9-14-16)15-10-6-4-7-11-15/h8-9,13-15H,2-7,10-12H2,1H3. The van der Waals surface area contributed by atoms with Crippen molar-refractivity contribution in [3.8, 4) is 0 Å². The molecular formula is C16H26. The van der Waals surface area contributed by atoms with Crippen LogP contribution in [-0.2, 0) is 0 Å². The third-order valence-corrected chi connectivity index (χ3v) is 4.46. The second-order valence-corrected chi connectivity index (χ2v) is 5.59. The van der Waals surface area contributed by atoms with E-state index in [0.29, 0.717) is 5.41 Å². The van der Waals surface area contributed by atoms with Crippen molar-refractivity contribution < 1.29 is 0 Å². The zero-order valence-corrected chi connectivity index (χ0v) is 10.8. The predicted molar refractivity (Wildman–Crippen MR) is 71.4 cm³/mol. The van der Waals surface area contributed by atoms with E-state index >= 15 is 0 Å². The lowest BCUT2D eigenvalue weighted by Crippen LogP contribution is -2.29. The van der Waals surface area contributed by atoms with Crippen LogP contribution in [0.3, 0.4) is 0 Å². The van der Waals surface area contributed by atoms with Gasteiger partial charge in [-0.05, 0) is 31.6 Å². The van der Waals surface area contributed by atoms with Crippen LogP contribution in [0.25, 0.3) is 0 Å². The summed E-state index contributed by atoms with van der Waals surface area (Å²) in [7, 11) is 0. The highest BCUT2D eigenvalue weighted by Crippen LogP contribution is 2.45. The van der Waals surface area contributed by atoms with Gasteiger partial charge in [-0.15, -0.1) is 0 Å². The molecule has 0 amide bonds. The average molecular weight is 218 g/mol. The molecule has 1 fully saturated rings. The molecule has 90 valence electrons. The summed E-state index contributed by atoms with van der Waals surface area (Å²) in [5.74, 6) is 0.931. The topological polar surface area (TPSA) is 0 Å². The third-order valence-electron chi connectivity index (χ3n) is 4.46. The lowest BCUT2D eigenvalue weighted by Gasteiger charge is -2.40. The highest BCUT2D eigenvalue weighted by Gasteiger charge is 2.34. The Hall–Kier alpha value is -0.520. The maximum Gasteiger partial charge on any atom is 0.00894 e. The van der Waals surface area contributed by atoms with Crippen molar-refractivity contribution in [2.24, 2.45) is 11.3 Å². The van der Waals surface area contributed by atoms with Gasteiger partial charge in [0.1, 0.15) is 0 Å². The normalized spacial score (nSPS) is 24.8. The molecule has 0 aromatic rings. The molecule has 0 heteroatoms. The molecule has 0 aliphatic heterocycles. The van der Waals surface area contributed by atoms with Crippen LogP contribution in [0.5, 0.6) is 0 Å². The molecule has 1 saturated carbocycles. The van der Waals surface area contributed by atoms with Crippen molar-refractivity contribution >= 4 is 0 Å². The summed E-state index contributed by atoms with van der Waals surface area (Å²) in [5.41, 5.74) is 0.439. The van der Waals surface area contributed by atoms with Gasteiger partial charge < -0.3 is 0 Å². The van der Waals surface area contributed by atoms with E-state index in [2.05, 4.69) is 31.2 Å². The molecule has 0 aromatic carbocycles. The Balaban J connectivity index is 2.08. The SMILES string of the molecule is CCCCC1(C2CCCCC2)C=CCC=C1. The predicted octanol–water partition coefficient (Wildman–Crippen LogP) is 5.26. The molecule has 0 heterocycles. The number of hydrogen-bond donors (Lipinski definition) is 0. The maximum atomic E-state index is 2.54. The molecule has 16 heavy (non-hydrogen) atoms. The van der Waals surface area contributed by atoms with Gasteiger partial charge in [0.15, 0.2) is 0 Å².